The van der Waals surface area contributed by atoms with Gasteiger partial charge in [-0.1, -0.05) is 29.3 Å². The molecule has 0 heterocycles. The Balaban J connectivity index is 2.54. The zero-order valence-corrected chi connectivity index (χ0v) is 9.85. The summed E-state index contributed by atoms with van der Waals surface area (Å²) in [4.78, 5) is 0. The Labute approximate surface area is 99.0 Å². The average Bonchev–Trinajstić information content (AvgIpc) is 2.21. The highest BCUT2D eigenvalue weighted by Gasteiger charge is 2.06. The van der Waals surface area contributed by atoms with Crippen LogP contribution in [0, 0.1) is 0 Å². The first-order chi connectivity index (χ1) is 7.15. The van der Waals surface area contributed by atoms with Gasteiger partial charge in [0.15, 0.2) is 0 Å². The first-order valence-electron chi connectivity index (χ1n) is 4.50. The fourth-order valence-electron chi connectivity index (χ4n) is 1.12. The molecule has 2 N–H and O–H groups in total. The van der Waals surface area contributed by atoms with Gasteiger partial charge in [0.2, 0.25) is 0 Å². The third kappa shape index (κ3) is 3.87. The van der Waals surface area contributed by atoms with E-state index in [0.717, 1.165) is 0 Å². The number of nitrogens with one attached hydrogen (secondary N) is 1. The molecule has 0 saturated heterocycles. The molecule has 0 amide bonds. The van der Waals surface area contributed by atoms with Gasteiger partial charge in [-0.2, -0.15) is 0 Å². The Hall–Kier alpha value is -0.480. The summed E-state index contributed by atoms with van der Waals surface area (Å²) in [6.45, 7) is 0.652. The zero-order chi connectivity index (χ0) is 11.3. The number of aliphatic hydroxyl groups excluding tert-OH is 1. The van der Waals surface area contributed by atoms with Gasteiger partial charge in [-0.05, 0) is 12.1 Å². The molecule has 1 atom stereocenters. The molecule has 0 spiro atoms. The summed E-state index contributed by atoms with van der Waals surface area (Å²) in [6, 6.07) is 5.30. The van der Waals surface area contributed by atoms with E-state index >= 15 is 0 Å². The van der Waals surface area contributed by atoms with Gasteiger partial charge in [0.25, 0.3) is 0 Å². The van der Waals surface area contributed by atoms with Crippen molar-refractivity contribution < 1.29 is 9.84 Å². The number of methoxy groups -OCH3 is 1. The van der Waals surface area contributed by atoms with Crippen molar-refractivity contribution in [3.63, 3.8) is 0 Å². The van der Waals surface area contributed by atoms with Gasteiger partial charge in [0.05, 0.1) is 28.4 Å². The van der Waals surface area contributed by atoms with Crippen molar-refractivity contribution in [2.24, 2.45) is 0 Å². The number of anilines is 1. The van der Waals surface area contributed by atoms with Crippen LogP contribution in [-0.2, 0) is 4.74 Å². The average molecular weight is 250 g/mol. The molecule has 84 valence electrons. The molecule has 5 heteroatoms. The fraction of sp³-hybridized carbons (Fsp3) is 0.400. The monoisotopic (exact) mass is 249 g/mol. The van der Waals surface area contributed by atoms with Crippen LogP contribution in [0.25, 0.3) is 0 Å². The standard InChI is InChI=1S/C10H13Cl2NO2/c1-15-6-7(14)5-13-9-4-2-3-8(11)10(9)12/h2-4,7,13-14H,5-6H2,1H3. The normalized spacial score (nSPS) is 12.5. The molecule has 0 radical (unpaired) electrons. The Morgan fingerprint density at radius 2 is 2.20 bits per heavy atom. The van der Waals surface area contributed by atoms with E-state index in [1.54, 1.807) is 18.2 Å². The van der Waals surface area contributed by atoms with Crippen molar-refractivity contribution in [2.75, 3.05) is 25.6 Å². The molecular formula is C10H13Cl2NO2. The van der Waals surface area contributed by atoms with Gasteiger partial charge < -0.3 is 15.2 Å². The van der Waals surface area contributed by atoms with Crippen molar-refractivity contribution in [1.29, 1.82) is 0 Å². The van der Waals surface area contributed by atoms with Crippen LogP contribution in [0.1, 0.15) is 0 Å². The Kier molecular flexibility index (Phi) is 5.19. The van der Waals surface area contributed by atoms with E-state index in [9.17, 15) is 5.11 Å². The lowest BCUT2D eigenvalue weighted by Crippen LogP contribution is -2.24. The first-order valence-corrected chi connectivity index (χ1v) is 5.25. The van der Waals surface area contributed by atoms with E-state index in [-0.39, 0.29) is 6.61 Å². The lowest BCUT2D eigenvalue weighted by Gasteiger charge is -2.13. The molecule has 15 heavy (non-hydrogen) atoms. The molecule has 1 unspecified atom stereocenters. The minimum absolute atomic E-state index is 0.283. The number of benzene rings is 1. The van der Waals surface area contributed by atoms with Crippen molar-refractivity contribution in [3.05, 3.63) is 28.2 Å². The molecule has 0 aliphatic rings. The summed E-state index contributed by atoms with van der Waals surface area (Å²) in [5.74, 6) is 0. The van der Waals surface area contributed by atoms with Crippen LogP contribution in [0.3, 0.4) is 0 Å². The SMILES string of the molecule is COCC(O)CNc1cccc(Cl)c1Cl. The van der Waals surface area contributed by atoms with E-state index in [0.29, 0.717) is 22.3 Å². The maximum atomic E-state index is 9.41. The van der Waals surface area contributed by atoms with Crippen molar-refractivity contribution >= 4 is 28.9 Å². The van der Waals surface area contributed by atoms with Gasteiger partial charge >= 0.3 is 0 Å². The summed E-state index contributed by atoms with van der Waals surface area (Å²) in [7, 11) is 1.54. The summed E-state index contributed by atoms with van der Waals surface area (Å²) in [5.41, 5.74) is 0.708. The highest BCUT2D eigenvalue weighted by molar-refractivity contribution is 6.43. The van der Waals surface area contributed by atoms with Crippen molar-refractivity contribution in [3.8, 4) is 0 Å². The highest BCUT2D eigenvalue weighted by atomic mass is 35.5. The van der Waals surface area contributed by atoms with Gasteiger partial charge in [-0.3, -0.25) is 0 Å². The largest absolute Gasteiger partial charge is 0.389 e. The fourth-order valence-corrected chi connectivity index (χ4v) is 1.49. The van der Waals surface area contributed by atoms with E-state index in [2.05, 4.69) is 5.32 Å². The van der Waals surface area contributed by atoms with Crippen molar-refractivity contribution in [2.45, 2.75) is 6.10 Å². The predicted molar refractivity (Wildman–Crippen MR) is 62.8 cm³/mol. The van der Waals surface area contributed by atoms with Crippen LogP contribution >= 0.6 is 23.2 Å². The number of rotatable bonds is 5. The lowest BCUT2D eigenvalue weighted by molar-refractivity contribution is 0.0727. The summed E-state index contributed by atoms with van der Waals surface area (Å²) in [5, 5.41) is 13.3. The predicted octanol–water partition coefficient (Wildman–Crippen LogP) is 2.41. The second-order valence-electron chi connectivity index (χ2n) is 3.09. The summed E-state index contributed by atoms with van der Waals surface area (Å²) < 4.78 is 4.80. The number of hydrogen-bond acceptors (Lipinski definition) is 3. The Bertz CT molecular complexity index is 320. The number of aliphatic hydroxyl groups is 1. The third-order valence-corrected chi connectivity index (χ3v) is 2.66. The van der Waals surface area contributed by atoms with E-state index in [4.69, 9.17) is 27.9 Å². The zero-order valence-electron chi connectivity index (χ0n) is 8.34. The molecule has 1 aromatic rings. The topological polar surface area (TPSA) is 41.5 Å². The first kappa shape index (κ1) is 12.6. The minimum atomic E-state index is -0.565. The molecule has 0 bridgehead atoms. The van der Waals surface area contributed by atoms with Crippen LogP contribution in [0.5, 0.6) is 0 Å². The molecule has 0 aliphatic carbocycles. The van der Waals surface area contributed by atoms with Crippen LogP contribution in [-0.4, -0.2) is 31.5 Å². The van der Waals surface area contributed by atoms with Crippen molar-refractivity contribution in [1.82, 2.24) is 0 Å². The van der Waals surface area contributed by atoms with Crippen LogP contribution in [0.4, 0.5) is 5.69 Å². The second kappa shape index (κ2) is 6.18. The highest BCUT2D eigenvalue weighted by Crippen LogP contribution is 2.29. The number of hydrogen-bond donors (Lipinski definition) is 2. The second-order valence-corrected chi connectivity index (χ2v) is 3.88. The van der Waals surface area contributed by atoms with Gasteiger partial charge in [0.1, 0.15) is 0 Å². The van der Waals surface area contributed by atoms with Crippen LogP contribution in [0.2, 0.25) is 10.0 Å². The third-order valence-electron chi connectivity index (χ3n) is 1.84. The van der Waals surface area contributed by atoms with Crippen LogP contribution in [0.15, 0.2) is 18.2 Å². The van der Waals surface area contributed by atoms with E-state index in [1.807, 2.05) is 0 Å². The Morgan fingerprint density at radius 3 is 2.87 bits per heavy atom. The molecule has 0 aliphatic heterocycles. The molecule has 3 nitrogen and oxygen atoms in total. The number of ether oxygens (including phenoxy) is 1. The summed E-state index contributed by atoms with van der Waals surface area (Å²) in [6.07, 6.45) is -0.565. The van der Waals surface area contributed by atoms with E-state index < -0.39 is 6.10 Å². The molecular weight excluding hydrogens is 237 g/mol. The maximum absolute atomic E-state index is 9.41. The molecule has 0 aromatic heterocycles. The quantitative estimate of drug-likeness (QED) is 0.843. The molecule has 0 fully saturated rings. The van der Waals surface area contributed by atoms with Crippen LogP contribution < -0.4 is 5.32 Å². The molecule has 0 saturated carbocycles. The van der Waals surface area contributed by atoms with Gasteiger partial charge in [0, 0.05) is 13.7 Å². The number of halogens is 2. The van der Waals surface area contributed by atoms with Gasteiger partial charge in [-0.15, -0.1) is 0 Å². The smallest absolute Gasteiger partial charge is 0.0945 e. The Morgan fingerprint density at radius 1 is 1.47 bits per heavy atom. The van der Waals surface area contributed by atoms with Gasteiger partial charge in [-0.25, -0.2) is 0 Å². The maximum Gasteiger partial charge on any atom is 0.0945 e. The summed E-state index contributed by atoms with van der Waals surface area (Å²) >= 11 is 11.8. The minimum Gasteiger partial charge on any atom is -0.389 e. The lowest BCUT2D eigenvalue weighted by atomic mass is 10.3. The molecule has 1 rings (SSSR count). The van der Waals surface area contributed by atoms with E-state index in [1.165, 1.54) is 7.11 Å². The molecule has 1 aromatic carbocycles.